The van der Waals surface area contributed by atoms with E-state index in [-0.39, 0.29) is 24.3 Å². The van der Waals surface area contributed by atoms with Gasteiger partial charge in [0.1, 0.15) is 12.6 Å². The topological polar surface area (TPSA) is 75.7 Å². The van der Waals surface area contributed by atoms with Gasteiger partial charge in [0.05, 0.1) is 7.11 Å². The Labute approximate surface area is 106 Å². The molecule has 1 atom stereocenters. The molecule has 0 spiro atoms. The molecule has 0 bridgehead atoms. The molecule has 2 aliphatic rings. The Morgan fingerprint density at radius 1 is 1.28 bits per heavy atom. The molecular formula is C12H18N2O4. The fourth-order valence-corrected chi connectivity index (χ4v) is 2.22. The van der Waals surface area contributed by atoms with Gasteiger partial charge in [-0.25, -0.2) is 0 Å². The molecule has 0 aromatic rings. The zero-order valence-electron chi connectivity index (χ0n) is 10.5. The highest BCUT2D eigenvalue weighted by atomic mass is 16.5. The minimum atomic E-state index is -0.485. The van der Waals surface area contributed by atoms with Crippen LogP contribution in [0.15, 0.2) is 0 Å². The molecule has 0 aromatic carbocycles. The van der Waals surface area contributed by atoms with Crippen LogP contribution in [0.4, 0.5) is 0 Å². The van der Waals surface area contributed by atoms with E-state index < -0.39 is 12.0 Å². The molecule has 100 valence electrons. The summed E-state index contributed by atoms with van der Waals surface area (Å²) < 4.78 is 4.45. The molecule has 2 fully saturated rings. The summed E-state index contributed by atoms with van der Waals surface area (Å²) in [6.45, 7) is 0.503. The van der Waals surface area contributed by atoms with Gasteiger partial charge in [-0.3, -0.25) is 14.4 Å². The van der Waals surface area contributed by atoms with Crippen molar-refractivity contribution in [3.63, 3.8) is 0 Å². The van der Waals surface area contributed by atoms with Crippen LogP contribution in [0, 0.1) is 5.92 Å². The molecule has 1 unspecified atom stereocenters. The van der Waals surface area contributed by atoms with Gasteiger partial charge in [0, 0.05) is 12.5 Å². The standard InChI is InChI=1S/C12H18N2O4/c1-18-10(15)7-13-11(16)9-3-2-6-14(9)12(17)8-4-5-8/h8-9H,2-7H2,1H3,(H,13,16). The number of esters is 1. The second-order valence-corrected chi connectivity index (χ2v) is 4.76. The van der Waals surface area contributed by atoms with E-state index in [0.717, 1.165) is 19.3 Å². The zero-order valence-corrected chi connectivity index (χ0v) is 10.5. The first kappa shape index (κ1) is 12.9. The predicted molar refractivity (Wildman–Crippen MR) is 62.5 cm³/mol. The number of hydrogen-bond acceptors (Lipinski definition) is 4. The van der Waals surface area contributed by atoms with Crippen LogP contribution in [-0.4, -0.2) is 48.9 Å². The lowest BCUT2D eigenvalue weighted by Gasteiger charge is -2.23. The molecule has 0 aromatic heterocycles. The van der Waals surface area contributed by atoms with Gasteiger partial charge in [0.25, 0.3) is 0 Å². The fraction of sp³-hybridized carbons (Fsp3) is 0.750. The van der Waals surface area contributed by atoms with Crippen LogP contribution in [0.3, 0.4) is 0 Å². The number of carbonyl (C=O) groups excluding carboxylic acids is 3. The Balaban J connectivity index is 1.87. The predicted octanol–water partition coefficient (Wildman–Crippen LogP) is -0.323. The summed E-state index contributed by atoms with van der Waals surface area (Å²) >= 11 is 0. The Morgan fingerprint density at radius 3 is 2.61 bits per heavy atom. The van der Waals surface area contributed by atoms with Crippen LogP contribution < -0.4 is 5.32 Å². The van der Waals surface area contributed by atoms with Gasteiger partial charge < -0.3 is 15.0 Å². The molecule has 2 rings (SSSR count). The summed E-state index contributed by atoms with van der Waals surface area (Å²) in [4.78, 5) is 36.5. The van der Waals surface area contributed by atoms with Crippen molar-refractivity contribution < 1.29 is 19.1 Å². The number of amides is 2. The first-order valence-electron chi connectivity index (χ1n) is 6.28. The third-order valence-electron chi connectivity index (χ3n) is 3.40. The lowest BCUT2D eigenvalue weighted by molar-refractivity contribution is -0.143. The van der Waals surface area contributed by atoms with Gasteiger partial charge in [-0.2, -0.15) is 0 Å². The maximum Gasteiger partial charge on any atom is 0.325 e. The summed E-state index contributed by atoms with van der Waals surface area (Å²) in [6.07, 6.45) is 3.39. The molecule has 1 aliphatic carbocycles. The van der Waals surface area contributed by atoms with Crippen molar-refractivity contribution in [2.75, 3.05) is 20.2 Å². The van der Waals surface area contributed by atoms with E-state index in [4.69, 9.17) is 0 Å². The van der Waals surface area contributed by atoms with E-state index in [1.165, 1.54) is 7.11 Å². The normalized spacial score (nSPS) is 22.7. The molecular weight excluding hydrogens is 236 g/mol. The summed E-state index contributed by atoms with van der Waals surface area (Å²) in [5, 5.41) is 2.51. The van der Waals surface area contributed by atoms with Gasteiger partial charge in [-0.05, 0) is 25.7 Å². The number of ether oxygens (including phenoxy) is 1. The second kappa shape index (κ2) is 5.37. The average Bonchev–Trinajstić information content (AvgIpc) is 3.11. The molecule has 1 N–H and O–H groups in total. The van der Waals surface area contributed by atoms with Gasteiger partial charge in [0.2, 0.25) is 11.8 Å². The van der Waals surface area contributed by atoms with Crippen molar-refractivity contribution in [1.82, 2.24) is 10.2 Å². The molecule has 1 aliphatic heterocycles. The number of methoxy groups -OCH3 is 1. The Kier molecular flexibility index (Phi) is 3.84. The zero-order chi connectivity index (χ0) is 13.1. The molecule has 2 amide bonds. The van der Waals surface area contributed by atoms with E-state index >= 15 is 0 Å². The second-order valence-electron chi connectivity index (χ2n) is 4.76. The van der Waals surface area contributed by atoms with Gasteiger partial charge in [-0.1, -0.05) is 0 Å². The quantitative estimate of drug-likeness (QED) is 0.697. The Hall–Kier alpha value is -1.59. The number of carbonyl (C=O) groups is 3. The lowest BCUT2D eigenvalue weighted by Crippen LogP contribution is -2.47. The third kappa shape index (κ3) is 2.80. The molecule has 6 nitrogen and oxygen atoms in total. The Morgan fingerprint density at radius 2 is 2.00 bits per heavy atom. The van der Waals surface area contributed by atoms with Gasteiger partial charge >= 0.3 is 5.97 Å². The van der Waals surface area contributed by atoms with Gasteiger partial charge in [0.15, 0.2) is 0 Å². The largest absolute Gasteiger partial charge is 0.468 e. The van der Waals surface area contributed by atoms with Crippen molar-refractivity contribution in [1.29, 1.82) is 0 Å². The first-order valence-corrected chi connectivity index (χ1v) is 6.28. The van der Waals surface area contributed by atoms with E-state index in [2.05, 4.69) is 10.1 Å². The maximum atomic E-state index is 12.0. The molecule has 1 saturated heterocycles. The highest BCUT2D eigenvalue weighted by Crippen LogP contribution is 2.33. The monoisotopic (exact) mass is 254 g/mol. The Bertz CT molecular complexity index is 365. The third-order valence-corrected chi connectivity index (χ3v) is 3.40. The van der Waals surface area contributed by atoms with Crippen molar-refractivity contribution >= 4 is 17.8 Å². The molecule has 1 saturated carbocycles. The van der Waals surface area contributed by atoms with Crippen LogP contribution in [0.25, 0.3) is 0 Å². The maximum absolute atomic E-state index is 12.0. The smallest absolute Gasteiger partial charge is 0.325 e. The summed E-state index contributed by atoms with van der Waals surface area (Å²) in [7, 11) is 1.27. The van der Waals surface area contributed by atoms with E-state index in [0.29, 0.717) is 13.0 Å². The van der Waals surface area contributed by atoms with E-state index in [1.54, 1.807) is 4.90 Å². The molecule has 6 heteroatoms. The number of rotatable bonds is 4. The summed E-state index contributed by atoms with van der Waals surface area (Å²) in [6, 6.07) is -0.414. The number of hydrogen-bond donors (Lipinski definition) is 1. The lowest BCUT2D eigenvalue weighted by atomic mass is 10.2. The highest BCUT2D eigenvalue weighted by molar-refractivity contribution is 5.91. The minimum Gasteiger partial charge on any atom is -0.468 e. The summed E-state index contributed by atoms with van der Waals surface area (Å²) in [5.41, 5.74) is 0. The first-order chi connectivity index (χ1) is 8.63. The van der Waals surface area contributed by atoms with Gasteiger partial charge in [-0.15, -0.1) is 0 Å². The molecule has 0 radical (unpaired) electrons. The van der Waals surface area contributed by atoms with Crippen LogP contribution in [-0.2, 0) is 19.1 Å². The number of nitrogens with one attached hydrogen (secondary N) is 1. The van der Waals surface area contributed by atoms with Crippen LogP contribution in [0.2, 0.25) is 0 Å². The minimum absolute atomic E-state index is 0.0886. The summed E-state index contributed by atoms with van der Waals surface area (Å²) in [5.74, 6) is -0.530. The van der Waals surface area contributed by atoms with E-state index in [1.807, 2.05) is 0 Å². The molecule has 18 heavy (non-hydrogen) atoms. The van der Waals surface area contributed by atoms with Crippen molar-refractivity contribution in [2.45, 2.75) is 31.7 Å². The van der Waals surface area contributed by atoms with Crippen LogP contribution in [0.5, 0.6) is 0 Å². The highest BCUT2D eigenvalue weighted by Gasteiger charge is 2.40. The van der Waals surface area contributed by atoms with Crippen LogP contribution >= 0.6 is 0 Å². The number of nitrogens with zero attached hydrogens (tertiary/aromatic N) is 1. The van der Waals surface area contributed by atoms with E-state index in [9.17, 15) is 14.4 Å². The average molecular weight is 254 g/mol. The van der Waals surface area contributed by atoms with Crippen molar-refractivity contribution in [3.05, 3.63) is 0 Å². The van der Waals surface area contributed by atoms with Crippen molar-refractivity contribution in [3.8, 4) is 0 Å². The van der Waals surface area contributed by atoms with Crippen LogP contribution in [0.1, 0.15) is 25.7 Å². The number of likely N-dealkylation sites (tertiary alicyclic amines) is 1. The fourth-order valence-electron chi connectivity index (χ4n) is 2.22. The van der Waals surface area contributed by atoms with Crippen molar-refractivity contribution in [2.24, 2.45) is 5.92 Å². The SMILES string of the molecule is COC(=O)CNC(=O)C1CCCN1C(=O)C1CC1. The molecule has 1 heterocycles.